The second kappa shape index (κ2) is 11.6. The van der Waals surface area contributed by atoms with Crippen molar-refractivity contribution in [1.82, 2.24) is 13.9 Å². The fourth-order valence-corrected chi connectivity index (χ4v) is 7.86. The van der Waals surface area contributed by atoms with E-state index in [0.29, 0.717) is 58.6 Å². The number of ether oxygens (including phenoxy) is 1. The first-order chi connectivity index (χ1) is 18.6. The maximum atomic E-state index is 13.5. The maximum Gasteiger partial charge on any atom is 0.262 e. The smallest absolute Gasteiger partial charge is 0.262 e. The van der Waals surface area contributed by atoms with Crippen LogP contribution in [0.15, 0.2) is 51.2 Å². The van der Waals surface area contributed by atoms with Gasteiger partial charge in [-0.05, 0) is 62.6 Å². The minimum absolute atomic E-state index is 0.0351. The molecule has 0 spiro atoms. The summed E-state index contributed by atoms with van der Waals surface area (Å²) in [5.74, 6) is -0.322. The third-order valence-corrected chi connectivity index (χ3v) is 10.6. The SMILES string of the molecule is Cc1ccc(NC(=O)[C@@H](C)Sc2nc3cc(Cl)ccc3c(=O)n2C2CCCC2)cc1S(=O)(=O)N1CCOCC1. The number of hydrogen-bond donors (Lipinski definition) is 1. The van der Waals surface area contributed by atoms with Gasteiger partial charge in [0.05, 0.1) is 34.3 Å². The number of hydrogen-bond acceptors (Lipinski definition) is 7. The van der Waals surface area contributed by atoms with Crippen LogP contribution in [0.5, 0.6) is 0 Å². The fourth-order valence-electron chi connectivity index (χ4n) is 5.06. The molecular weight excluding hydrogens is 560 g/mol. The lowest BCUT2D eigenvalue weighted by Gasteiger charge is -2.27. The Morgan fingerprint density at radius 3 is 2.59 bits per heavy atom. The van der Waals surface area contributed by atoms with Crippen molar-refractivity contribution in [3.05, 3.63) is 57.3 Å². The van der Waals surface area contributed by atoms with E-state index in [2.05, 4.69) is 5.32 Å². The van der Waals surface area contributed by atoms with Crippen molar-refractivity contribution in [2.75, 3.05) is 31.6 Å². The summed E-state index contributed by atoms with van der Waals surface area (Å²) in [5.41, 5.74) is 1.35. The first kappa shape index (κ1) is 28.1. The molecule has 0 unspecified atom stereocenters. The summed E-state index contributed by atoms with van der Waals surface area (Å²) >= 11 is 7.38. The second-order valence-electron chi connectivity index (χ2n) is 9.92. The summed E-state index contributed by atoms with van der Waals surface area (Å²) in [6.07, 6.45) is 3.86. The number of nitrogens with one attached hydrogen (secondary N) is 1. The summed E-state index contributed by atoms with van der Waals surface area (Å²) in [6.45, 7) is 4.76. The quantitative estimate of drug-likeness (QED) is 0.316. The van der Waals surface area contributed by atoms with Crippen LogP contribution < -0.4 is 10.9 Å². The van der Waals surface area contributed by atoms with E-state index in [1.807, 2.05) is 0 Å². The van der Waals surface area contributed by atoms with Crippen LogP contribution in [0.3, 0.4) is 0 Å². The molecule has 1 saturated carbocycles. The van der Waals surface area contributed by atoms with Crippen molar-refractivity contribution in [2.24, 2.45) is 0 Å². The Morgan fingerprint density at radius 1 is 1.15 bits per heavy atom. The lowest BCUT2D eigenvalue weighted by molar-refractivity contribution is -0.115. The van der Waals surface area contributed by atoms with Crippen molar-refractivity contribution < 1.29 is 17.9 Å². The minimum Gasteiger partial charge on any atom is -0.379 e. The van der Waals surface area contributed by atoms with Crippen molar-refractivity contribution in [3.8, 4) is 0 Å². The summed E-state index contributed by atoms with van der Waals surface area (Å²) < 4.78 is 34.9. The highest BCUT2D eigenvalue weighted by molar-refractivity contribution is 8.00. The van der Waals surface area contributed by atoms with Crippen LogP contribution in [-0.4, -0.2) is 59.7 Å². The van der Waals surface area contributed by atoms with Crippen molar-refractivity contribution in [2.45, 2.75) is 60.9 Å². The number of carbonyl (C=O) groups excluding carboxylic acids is 1. The molecule has 12 heteroatoms. The molecule has 1 atom stereocenters. The highest BCUT2D eigenvalue weighted by Crippen LogP contribution is 2.34. The second-order valence-corrected chi connectivity index (χ2v) is 13.6. The van der Waals surface area contributed by atoms with Gasteiger partial charge in [0.25, 0.3) is 5.56 Å². The third kappa shape index (κ3) is 5.88. The Kier molecular flexibility index (Phi) is 8.34. The molecule has 2 aromatic carbocycles. The minimum atomic E-state index is -3.73. The van der Waals surface area contributed by atoms with Crippen LogP contribution >= 0.6 is 23.4 Å². The molecule has 2 heterocycles. The summed E-state index contributed by atoms with van der Waals surface area (Å²) in [6, 6.07) is 9.95. The third-order valence-electron chi connectivity index (χ3n) is 7.22. The number of rotatable bonds is 7. The highest BCUT2D eigenvalue weighted by Gasteiger charge is 2.29. The van der Waals surface area contributed by atoms with Crippen molar-refractivity contribution >= 4 is 55.9 Å². The topological polar surface area (TPSA) is 111 Å². The average molecular weight is 591 g/mol. The van der Waals surface area contributed by atoms with E-state index >= 15 is 0 Å². The fraction of sp³-hybridized carbons (Fsp3) is 0.444. The van der Waals surface area contributed by atoms with E-state index in [-0.39, 0.29) is 22.4 Å². The number of halogens is 1. The van der Waals surface area contributed by atoms with Gasteiger partial charge < -0.3 is 10.1 Å². The largest absolute Gasteiger partial charge is 0.379 e. The van der Waals surface area contributed by atoms with Gasteiger partial charge in [0.2, 0.25) is 15.9 Å². The molecular formula is C27H31ClN4O5S2. The normalized spacial score (nSPS) is 17.9. The number of anilines is 1. The number of fused-ring (bicyclic) bond motifs is 1. The summed E-state index contributed by atoms with van der Waals surface area (Å²) in [7, 11) is -3.73. The molecule has 0 bridgehead atoms. The van der Waals surface area contributed by atoms with Gasteiger partial charge in [0, 0.05) is 29.8 Å². The molecule has 9 nitrogen and oxygen atoms in total. The Balaban J connectivity index is 1.40. The summed E-state index contributed by atoms with van der Waals surface area (Å²) in [4.78, 5) is 31.6. The molecule has 39 heavy (non-hydrogen) atoms. The van der Waals surface area contributed by atoms with Gasteiger partial charge in [-0.2, -0.15) is 4.31 Å². The molecule has 0 radical (unpaired) electrons. The number of aromatic nitrogens is 2. The van der Waals surface area contributed by atoms with Crippen LogP contribution in [0.2, 0.25) is 5.02 Å². The number of carbonyl (C=O) groups is 1. The van der Waals surface area contributed by atoms with Gasteiger partial charge in [0.1, 0.15) is 0 Å². The predicted molar refractivity (Wildman–Crippen MR) is 153 cm³/mol. The van der Waals surface area contributed by atoms with Gasteiger partial charge in [-0.25, -0.2) is 13.4 Å². The van der Waals surface area contributed by atoms with Crippen LogP contribution in [0.1, 0.15) is 44.2 Å². The number of morpholine rings is 1. The van der Waals surface area contributed by atoms with Gasteiger partial charge in [-0.3, -0.25) is 14.2 Å². The van der Waals surface area contributed by atoms with Crippen LogP contribution in [-0.2, 0) is 19.6 Å². The molecule has 5 rings (SSSR count). The molecule has 2 fully saturated rings. The zero-order valence-corrected chi connectivity index (χ0v) is 24.2. The number of amides is 1. The first-order valence-corrected chi connectivity index (χ1v) is 15.7. The molecule has 2 aliphatic rings. The molecule has 1 saturated heterocycles. The Hall–Kier alpha value is -2.44. The number of thioether (sulfide) groups is 1. The number of nitrogens with zero attached hydrogens (tertiary/aromatic N) is 3. The van der Waals surface area contributed by atoms with Crippen LogP contribution in [0.25, 0.3) is 10.9 Å². The molecule has 1 aliphatic heterocycles. The average Bonchev–Trinajstić information content (AvgIpc) is 3.44. The summed E-state index contributed by atoms with van der Waals surface area (Å²) in [5, 5.41) is 3.70. The van der Waals surface area contributed by atoms with E-state index in [1.54, 1.807) is 48.7 Å². The maximum absolute atomic E-state index is 13.5. The molecule has 1 aliphatic carbocycles. The zero-order chi connectivity index (χ0) is 27.7. The van der Waals surface area contributed by atoms with E-state index < -0.39 is 15.3 Å². The molecule has 3 aromatic rings. The van der Waals surface area contributed by atoms with Crippen molar-refractivity contribution in [1.29, 1.82) is 0 Å². The van der Waals surface area contributed by atoms with E-state index in [0.717, 1.165) is 25.7 Å². The number of sulfonamides is 1. The van der Waals surface area contributed by atoms with Gasteiger partial charge in [0.15, 0.2) is 5.16 Å². The van der Waals surface area contributed by atoms with Gasteiger partial charge in [-0.15, -0.1) is 0 Å². The molecule has 1 aromatic heterocycles. The van der Waals surface area contributed by atoms with Crippen molar-refractivity contribution in [3.63, 3.8) is 0 Å². The predicted octanol–water partition coefficient (Wildman–Crippen LogP) is 4.61. The molecule has 208 valence electrons. The van der Waals surface area contributed by atoms with E-state index in [9.17, 15) is 18.0 Å². The van der Waals surface area contributed by atoms with Crippen LogP contribution in [0.4, 0.5) is 5.69 Å². The highest BCUT2D eigenvalue weighted by atomic mass is 35.5. The number of aryl methyl sites for hydroxylation is 1. The van der Waals surface area contributed by atoms with Gasteiger partial charge in [-0.1, -0.05) is 42.3 Å². The Morgan fingerprint density at radius 2 is 1.87 bits per heavy atom. The zero-order valence-electron chi connectivity index (χ0n) is 21.9. The van der Waals surface area contributed by atoms with Crippen LogP contribution in [0, 0.1) is 6.92 Å². The Bertz CT molecular complexity index is 1560. The molecule has 1 N–H and O–H groups in total. The lowest BCUT2D eigenvalue weighted by atomic mass is 10.2. The standard InChI is InChI=1S/C27H31ClN4O5S2/c1-17-7-9-20(16-24(17)39(35,36)31-11-13-37-14-12-31)29-25(33)18(2)38-27-30-23-15-19(28)8-10-22(23)26(34)32(27)21-5-3-4-6-21/h7-10,15-16,18,21H,3-6,11-14H2,1-2H3,(H,29,33)/t18-/m1/s1. The molecule has 1 amide bonds. The van der Waals surface area contributed by atoms with Gasteiger partial charge >= 0.3 is 0 Å². The van der Waals surface area contributed by atoms with E-state index in [4.69, 9.17) is 21.3 Å². The monoisotopic (exact) mass is 590 g/mol. The number of benzene rings is 2. The Labute approximate surface area is 236 Å². The first-order valence-electron chi connectivity index (χ1n) is 13.0. The van der Waals surface area contributed by atoms with E-state index in [1.165, 1.54) is 22.1 Å². The lowest BCUT2D eigenvalue weighted by Crippen LogP contribution is -2.40.